The molecule has 2 N–H and O–H groups in total. The van der Waals surface area contributed by atoms with Crippen LogP contribution in [0.5, 0.6) is 0 Å². The summed E-state index contributed by atoms with van der Waals surface area (Å²) in [5.74, 6) is 0.704. The van der Waals surface area contributed by atoms with Crippen LogP contribution >= 0.6 is 29.9 Å². The Balaban J connectivity index is 2.25. The molecular formula is C12H24NO5PS2. The van der Waals surface area contributed by atoms with Crippen LogP contribution in [0.25, 0.3) is 0 Å². The number of hydrogen-bond acceptors (Lipinski definition) is 6. The second-order valence-electron chi connectivity index (χ2n) is 5.55. The summed E-state index contributed by atoms with van der Waals surface area (Å²) in [5.41, 5.74) is -0.421. The van der Waals surface area contributed by atoms with E-state index in [1.54, 1.807) is 0 Å². The van der Waals surface area contributed by atoms with E-state index in [4.69, 9.17) is 14.5 Å². The molecular weight excluding hydrogens is 333 g/mol. The lowest BCUT2D eigenvalue weighted by Crippen LogP contribution is -2.39. The van der Waals surface area contributed by atoms with E-state index in [9.17, 15) is 9.36 Å². The van der Waals surface area contributed by atoms with Gasteiger partial charge in [-0.05, 0) is 24.3 Å². The van der Waals surface area contributed by atoms with Crippen molar-refractivity contribution in [2.45, 2.75) is 20.3 Å². The fraction of sp³-hybridized carbons (Fsp3) is 0.917. The fourth-order valence-corrected chi connectivity index (χ4v) is 4.78. The first-order valence-electron chi connectivity index (χ1n) is 6.88. The Labute approximate surface area is 134 Å². The molecule has 0 saturated carbocycles. The molecule has 6 nitrogen and oxygen atoms in total. The molecule has 124 valence electrons. The van der Waals surface area contributed by atoms with E-state index in [0.717, 1.165) is 51.0 Å². The molecule has 1 saturated heterocycles. The molecule has 1 rings (SSSR count). The number of ether oxygens (including phenoxy) is 1. The summed E-state index contributed by atoms with van der Waals surface area (Å²) < 4.78 is 16.0. The maximum atomic E-state index is 12.2. The highest BCUT2D eigenvalue weighted by Gasteiger charge is 2.28. The van der Waals surface area contributed by atoms with Crippen LogP contribution in [0.2, 0.25) is 0 Å². The van der Waals surface area contributed by atoms with Crippen LogP contribution in [0.1, 0.15) is 20.3 Å². The predicted octanol–water partition coefficient (Wildman–Crippen LogP) is 1.82. The Morgan fingerprint density at radius 2 is 1.90 bits per heavy atom. The fourth-order valence-electron chi connectivity index (χ4n) is 1.85. The van der Waals surface area contributed by atoms with Crippen molar-refractivity contribution < 1.29 is 23.9 Å². The molecule has 9 heteroatoms. The summed E-state index contributed by atoms with van der Waals surface area (Å²) in [5, 5.41) is 0.0853. The van der Waals surface area contributed by atoms with E-state index in [2.05, 4.69) is 4.90 Å². The van der Waals surface area contributed by atoms with Gasteiger partial charge in [-0.3, -0.25) is 9.69 Å². The molecule has 0 aliphatic carbocycles. The van der Waals surface area contributed by atoms with Gasteiger partial charge in [0.25, 0.3) is 0 Å². The van der Waals surface area contributed by atoms with Gasteiger partial charge < -0.3 is 14.5 Å². The maximum absolute atomic E-state index is 12.2. The molecule has 0 aromatic rings. The molecule has 0 atom stereocenters. The van der Waals surface area contributed by atoms with Crippen LogP contribution in [0.15, 0.2) is 0 Å². The van der Waals surface area contributed by atoms with Crippen molar-refractivity contribution in [3.8, 4) is 0 Å². The molecule has 0 spiro atoms. The minimum absolute atomic E-state index is 0.0853. The van der Waals surface area contributed by atoms with Gasteiger partial charge in [0.05, 0.1) is 13.2 Å². The van der Waals surface area contributed by atoms with Crippen molar-refractivity contribution in [1.82, 2.24) is 4.90 Å². The smallest absolute Gasteiger partial charge is 0.379 e. The molecule has 1 fully saturated rings. The quantitative estimate of drug-likeness (QED) is 0.502. The monoisotopic (exact) mass is 357 g/mol. The number of morpholine rings is 1. The molecule has 1 aliphatic rings. The number of carbonyl (C=O) groups excluding carboxylic acids is 1. The van der Waals surface area contributed by atoms with Crippen molar-refractivity contribution in [1.29, 1.82) is 0 Å². The Morgan fingerprint density at radius 1 is 1.29 bits per heavy atom. The van der Waals surface area contributed by atoms with Crippen LogP contribution in [0.4, 0.5) is 0 Å². The van der Waals surface area contributed by atoms with Gasteiger partial charge in [-0.25, -0.2) is 4.57 Å². The van der Waals surface area contributed by atoms with Gasteiger partial charge in [0.2, 0.25) is 0 Å². The summed E-state index contributed by atoms with van der Waals surface area (Å²) in [4.78, 5) is 31.9. The molecule has 0 radical (unpaired) electrons. The Morgan fingerprint density at radius 3 is 2.48 bits per heavy atom. The summed E-state index contributed by atoms with van der Waals surface area (Å²) in [7, 11) is 0. The number of hydrogen-bond donors (Lipinski definition) is 2. The van der Waals surface area contributed by atoms with Crippen molar-refractivity contribution in [2.24, 2.45) is 5.41 Å². The van der Waals surface area contributed by atoms with Crippen molar-refractivity contribution >= 4 is 35.1 Å². The van der Waals surface area contributed by atoms with Crippen molar-refractivity contribution in [3.05, 3.63) is 0 Å². The largest absolute Gasteiger partial charge is 0.384 e. The second kappa shape index (κ2) is 8.91. The molecule has 0 aromatic carbocycles. The maximum Gasteiger partial charge on any atom is 0.384 e. The number of thioether (sulfide) groups is 1. The summed E-state index contributed by atoms with van der Waals surface area (Å²) in [6, 6.07) is 0. The van der Waals surface area contributed by atoms with Crippen LogP contribution in [-0.4, -0.2) is 64.2 Å². The van der Waals surface area contributed by atoms with E-state index in [1.165, 1.54) is 0 Å². The van der Waals surface area contributed by atoms with Crippen molar-refractivity contribution in [2.75, 3.05) is 44.4 Å². The van der Waals surface area contributed by atoms with Crippen LogP contribution in [0, 0.1) is 5.41 Å². The van der Waals surface area contributed by atoms with E-state index < -0.39 is 12.2 Å². The Kier molecular flexibility index (Phi) is 8.27. The third-order valence-corrected chi connectivity index (χ3v) is 7.05. The molecule has 1 aliphatic heterocycles. The number of rotatable bonds is 8. The average Bonchev–Trinajstić information content (AvgIpc) is 2.41. The Hall–Kier alpha value is 0.440. The zero-order valence-electron chi connectivity index (χ0n) is 12.5. The molecule has 0 aromatic heterocycles. The highest BCUT2D eigenvalue weighted by Crippen LogP contribution is 2.50. The lowest BCUT2D eigenvalue weighted by molar-refractivity contribution is -0.118. The van der Waals surface area contributed by atoms with E-state index in [1.807, 2.05) is 13.8 Å². The SMILES string of the molecule is CC(C)(CCN1CCOCC1)C(=O)SCCSP(=O)(O)O. The Bertz CT molecular complexity index is 382. The van der Waals surface area contributed by atoms with Gasteiger partial charge in [-0.15, -0.1) is 0 Å². The summed E-state index contributed by atoms with van der Waals surface area (Å²) in [6.45, 7) is 4.04. The first-order valence-corrected chi connectivity index (χ1v) is 11.1. The zero-order chi connectivity index (χ0) is 15.9. The van der Waals surface area contributed by atoms with Crippen LogP contribution < -0.4 is 0 Å². The van der Waals surface area contributed by atoms with Gasteiger partial charge >= 0.3 is 6.80 Å². The van der Waals surface area contributed by atoms with Gasteiger partial charge in [0.15, 0.2) is 5.12 Å². The third-order valence-electron chi connectivity index (χ3n) is 3.29. The second-order valence-corrected chi connectivity index (χ2v) is 10.5. The summed E-state index contributed by atoms with van der Waals surface area (Å²) >= 11 is 1.76. The minimum Gasteiger partial charge on any atom is -0.379 e. The van der Waals surface area contributed by atoms with Gasteiger partial charge in [0.1, 0.15) is 0 Å². The topological polar surface area (TPSA) is 87.1 Å². The van der Waals surface area contributed by atoms with E-state index in [-0.39, 0.29) is 10.9 Å². The van der Waals surface area contributed by atoms with Crippen LogP contribution in [-0.2, 0) is 14.1 Å². The van der Waals surface area contributed by atoms with Crippen LogP contribution in [0.3, 0.4) is 0 Å². The molecule has 0 amide bonds. The lowest BCUT2D eigenvalue weighted by Gasteiger charge is -2.30. The molecule has 0 bridgehead atoms. The van der Waals surface area contributed by atoms with Crippen molar-refractivity contribution in [3.63, 3.8) is 0 Å². The minimum atomic E-state index is -4.02. The third kappa shape index (κ3) is 8.59. The first-order chi connectivity index (χ1) is 9.71. The number of carbonyl (C=O) groups is 1. The summed E-state index contributed by atoms with van der Waals surface area (Å²) in [6.07, 6.45) is 0.782. The molecule has 1 heterocycles. The first kappa shape index (κ1) is 19.5. The lowest BCUT2D eigenvalue weighted by atomic mass is 9.91. The van der Waals surface area contributed by atoms with Gasteiger partial charge in [-0.2, -0.15) is 0 Å². The zero-order valence-corrected chi connectivity index (χ0v) is 15.0. The van der Waals surface area contributed by atoms with E-state index in [0.29, 0.717) is 17.1 Å². The molecule has 0 unspecified atom stereocenters. The average molecular weight is 357 g/mol. The standard InChI is InChI=1S/C12H24NO5PS2/c1-12(2,3-4-13-5-7-18-8-6-13)11(14)20-9-10-21-19(15,16)17/h3-10H2,1-2H3,(H2,15,16,17). The molecule has 21 heavy (non-hydrogen) atoms. The normalized spacial score (nSPS) is 17.9. The highest BCUT2D eigenvalue weighted by molar-refractivity contribution is 8.54. The van der Waals surface area contributed by atoms with E-state index >= 15 is 0 Å². The number of nitrogens with zero attached hydrogens (tertiary/aromatic N) is 1. The predicted molar refractivity (Wildman–Crippen MR) is 87.6 cm³/mol. The highest BCUT2D eigenvalue weighted by atomic mass is 32.7. The van der Waals surface area contributed by atoms with Gasteiger partial charge in [0, 0.05) is 30.0 Å². The van der Waals surface area contributed by atoms with Gasteiger partial charge in [-0.1, -0.05) is 25.6 Å².